The fraction of sp³-hybridized carbons (Fsp3) is 0.250. The molecule has 0 spiro atoms. The van der Waals surface area contributed by atoms with Gasteiger partial charge in [-0.05, 0) is 23.3 Å². The van der Waals surface area contributed by atoms with E-state index in [9.17, 15) is 0 Å². The third-order valence-electron chi connectivity index (χ3n) is 1.72. The number of hydrogen-bond acceptors (Lipinski definition) is 4. The molecule has 0 unspecified atom stereocenters. The van der Waals surface area contributed by atoms with Crippen molar-refractivity contribution < 1.29 is 0 Å². The largest absolute Gasteiger partial charge is 0.326 e. The van der Waals surface area contributed by atoms with Crippen molar-refractivity contribution in [1.29, 1.82) is 0 Å². The third kappa shape index (κ3) is 1.95. The van der Waals surface area contributed by atoms with Crippen molar-refractivity contribution in [3.05, 3.63) is 23.3 Å². The van der Waals surface area contributed by atoms with E-state index in [2.05, 4.69) is 25.3 Å². The van der Waals surface area contributed by atoms with E-state index in [0.717, 1.165) is 20.9 Å². The van der Waals surface area contributed by atoms with Gasteiger partial charge in [0.25, 0.3) is 0 Å². The lowest BCUT2D eigenvalue weighted by Crippen LogP contribution is -2.02. The van der Waals surface area contributed by atoms with Crippen LogP contribution in [-0.2, 0) is 13.1 Å². The maximum absolute atomic E-state index is 5.50. The molecular formula is C8H12N2S2. The van der Waals surface area contributed by atoms with Gasteiger partial charge in [0.15, 0.2) is 0 Å². The van der Waals surface area contributed by atoms with Crippen LogP contribution >= 0.6 is 25.3 Å². The summed E-state index contributed by atoms with van der Waals surface area (Å²) in [5, 5.41) is 0. The summed E-state index contributed by atoms with van der Waals surface area (Å²) in [7, 11) is 0. The Kier molecular flexibility index (Phi) is 3.46. The first-order chi connectivity index (χ1) is 5.69. The van der Waals surface area contributed by atoms with Gasteiger partial charge in [0.1, 0.15) is 0 Å². The molecule has 0 aliphatic heterocycles. The minimum Gasteiger partial charge on any atom is -0.326 e. The molecule has 66 valence electrons. The highest BCUT2D eigenvalue weighted by atomic mass is 32.1. The van der Waals surface area contributed by atoms with Crippen LogP contribution in [0.2, 0.25) is 0 Å². The second-order valence-electron chi connectivity index (χ2n) is 2.52. The molecule has 4 N–H and O–H groups in total. The standard InChI is InChI=1S/C8H12N2S2/c9-3-5-1-7(11)6(4-10)2-8(5)12/h1-2,11-12H,3-4,9-10H2. The Morgan fingerprint density at radius 3 is 1.50 bits per heavy atom. The van der Waals surface area contributed by atoms with Crippen LogP contribution in [0.3, 0.4) is 0 Å². The van der Waals surface area contributed by atoms with E-state index in [1.807, 2.05) is 12.1 Å². The first-order valence-electron chi connectivity index (χ1n) is 3.63. The maximum atomic E-state index is 5.50. The zero-order chi connectivity index (χ0) is 9.14. The Hall–Kier alpha value is -0.160. The maximum Gasteiger partial charge on any atom is 0.0189 e. The van der Waals surface area contributed by atoms with Crippen molar-refractivity contribution in [2.24, 2.45) is 11.5 Å². The molecule has 0 aliphatic carbocycles. The number of thiol groups is 2. The van der Waals surface area contributed by atoms with Crippen LogP contribution in [0.4, 0.5) is 0 Å². The first kappa shape index (κ1) is 9.92. The van der Waals surface area contributed by atoms with Gasteiger partial charge in [-0.2, -0.15) is 0 Å². The normalized spacial score (nSPS) is 10.3. The van der Waals surface area contributed by atoms with Crippen molar-refractivity contribution >= 4 is 25.3 Å². The molecule has 1 aromatic carbocycles. The lowest BCUT2D eigenvalue weighted by molar-refractivity contribution is 0.965. The van der Waals surface area contributed by atoms with Crippen LogP contribution in [0.1, 0.15) is 11.1 Å². The van der Waals surface area contributed by atoms with Gasteiger partial charge in [0.2, 0.25) is 0 Å². The average Bonchev–Trinajstić information content (AvgIpc) is 2.08. The third-order valence-corrected chi connectivity index (χ3v) is 2.55. The molecule has 0 fully saturated rings. The van der Waals surface area contributed by atoms with Gasteiger partial charge in [-0.15, -0.1) is 25.3 Å². The average molecular weight is 200 g/mol. The van der Waals surface area contributed by atoms with Crippen LogP contribution in [0, 0.1) is 0 Å². The molecule has 0 saturated carbocycles. The summed E-state index contributed by atoms with van der Waals surface area (Å²) in [6.07, 6.45) is 0. The van der Waals surface area contributed by atoms with Crippen molar-refractivity contribution in [3.63, 3.8) is 0 Å². The number of benzene rings is 1. The second-order valence-corrected chi connectivity index (χ2v) is 3.48. The van der Waals surface area contributed by atoms with Gasteiger partial charge in [0.05, 0.1) is 0 Å². The molecule has 0 aliphatic rings. The van der Waals surface area contributed by atoms with E-state index >= 15 is 0 Å². The summed E-state index contributed by atoms with van der Waals surface area (Å²) in [6, 6.07) is 3.82. The Balaban J connectivity index is 3.16. The fourth-order valence-electron chi connectivity index (χ4n) is 0.990. The summed E-state index contributed by atoms with van der Waals surface area (Å²) in [5.74, 6) is 0. The molecule has 0 saturated heterocycles. The lowest BCUT2D eigenvalue weighted by Gasteiger charge is -2.07. The van der Waals surface area contributed by atoms with Crippen LogP contribution in [0.15, 0.2) is 21.9 Å². The molecule has 0 bridgehead atoms. The Labute approximate surface area is 83.2 Å². The van der Waals surface area contributed by atoms with E-state index in [4.69, 9.17) is 11.5 Å². The summed E-state index contributed by atoms with van der Waals surface area (Å²) in [6.45, 7) is 0.967. The predicted molar refractivity (Wildman–Crippen MR) is 56.7 cm³/mol. The molecule has 0 aromatic heterocycles. The van der Waals surface area contributed by atoms with E-state index in [1.165, 1.54) is 0 Å². The molecule has 0 amide bonds. The van der Waals surface area contributed by atoms with E-state index in [-0.39, 0.29) is 0 Å². The zero-order valence-electron chi connectivity index (χ0n) is 6.62. The molecule has 12 heavy (non-hydrogen) atoms. The minimum atomic E-state index is 0.483. The molecule has 0 atom stereocenters. The first-order valence-corrected chi connectivity index (χ1v) is 4.52. The lowest BCUT2D eigenvalue weighted by atomic mass is 10.1. The zero-order valence-corrected chi connectivity index (χ0v) is 8.41. The quantitative estimate of drug-likeness (QED) is 0.542. The van der Waals surface area contributed by atoms with Gasteiger partial charge in [-0.25, -0.2) is 0 Å². The summed E-state index contributed by atoms with van der Waals surface area (Å²) in [5.41, 5.74) is 13.0. The predicted octanol–water partition coefficient (Wildman–Crippen LogP) is 1.18. The van der Waals surface area contributed by atoms with Crippen molar-refractivity contribution in [2.75, 3.05) is 0 Å². The molecule has 0 heterocycles. The highest BCUT2D eigenvalue weighted by Crippen LogP contribution is 2.22. The van der Waals surface area contributed by atoms with Crippen molar-refractivity contribution in [2.45, 2.75) is 22.9 Å². The van der Waals surface area contributed by atoms with E-state index in [0.29, 0.717) is 13.1 Å². The monoisotopic (exact) mass is 200 g/mol. The topological polar surface area (TPSA) is 52.0 Å². The molecule has 2 nitrogen and oxygen atoms in total. The summed E-state index contributed by atoms with van der Waals surface area (Å²) >= 11 is 8.56. The van der Waals surface area contributed by atoms with E-state index in [1.54, 1.807) is 0 Å². The van der Waals surface area contributed by atoms with E-state index < -0.39 is 0 Å². The SMILES string of the molecule is NCc1cc(S)c(CN)cc1S. The molecule has 4 heteroatoms. The fourth-order valence-corrected chi connectivity index (χ4v) is 1.61. The summed E-state index contributed by atoms with van der Waals surface area (Å²) in [4.78, 5) is 1.77. The molecular weight excluding hydrogens is 188 g/mol. The number of hydrogen-bond donors (Lipinski definition) is 4. The Bertz CT molecular complexity index is 257. The Morgan fingerprint density at radius 2 is 1.25 bits per heavy atom. The van der Waals surface area contributed by atoms with Crippen LogP contribution in [-0.4, -0.2) is 0 Å². The van der Waals surface area contributed by atoms with Gasteiger partial charge >= 0.3 is 0 Å². The number of rotatable bonds is 2. The summed E-state index contributed by atoms with van der Waals surface area (Å²) < 4.78 is 0. The molecule has 1 aromatic rings. The minimum absolute atomic E-state index is 0.483. The highest BCUT2D eigenvalue weighted by molar-refractivity contribution is 7.80. The van der Waals surface area contributed by atoms with Gasteiger partial charge in [0, 0.05) is 22.9 Å². The van der Waals surface area contributed by atoms with Gasteiger partial charge < -0.3 is 11.5 Å². The molecule has 1 rings (SSSR count). The van der Waals surface area contributed by atoms with Crippen molar-refractivity contribution in [1.82, 2.24) is 0 Å². The smallest absolute Gasteiger partial charge is 0.0189 e. The van der Waals surface area contributed by atoms with Crippen LogP contribution in [0.25, 0.3) is 0 Å². The number of nitrogens with two attached hydrogens (primary N) is 2. The molecule has 0 radical (unpaired) electrons. The second kappa shape index (κ2) is 4.18. The van der Waals surface area contributed by atoms with Gasteiger partial charge in [-0.3, -0.25) is 0 Å². The van der Waals surface area contributed by atoms with Crippen LogP contribution in [0.5, 0.6) is 0 Å². The van der Waals surface area contributed by atoms with Crippen molar-refractivity contribution in [3.8, 4) is 0 Å². The van der Waals surface area contributed by atoms with Gasteiger partial charge in [-0.1, -0.05) is 0 Å². The Morgan fingerprint density at radius 1 is 0.917 bits per heavy atom. The van der Waals surface area contributed by atoms with Crippen LogP contribution < -0.4 is 11.5 Å². The highest BCUT2D eigenvalue weighted by Gasteiger charge is 2.02.